The molecular formula is C15H14F2N6O5S2. The van der Waals surface area contributed by atoms with E-state index in [0.717, 1.165) is 5.51 Å². The Kier molecular flexibility index (Phi) is 6.41. The van der Waals surface area contributed by atoms with Crippen molar-refractivity contribution in [2.45, 2.75) is 0 Å². The molecule has 1 aliphatic heterocycles. The van der Waals surface area contributed by atoms with Gasteiger partial charge in [0.25, 0.3) is 0 Å². The summed E-state index contributed by atoms with van der Waals surface area (Å²) in [5.41, 5.74) is -0.779. The lowest BCUT2D eigenvalue weighted by atomic mass is 10.2. The molecule has 0 spiro atoms. The van der Waals surface area contributed by atoms with Crippen LogP contribution in [0, 0.1) is 11.6 Å². The van der Waals surface area contributed by atoms with Gasteiger partial charge in [0, 0.05) is 18.7 Å². The first-order valence-electron chi connectivity index (χ1n) is 8.20. The van der Waals surface area contributed by atoms with E-state index in [1.54, 1.807) is 0 Å². The maximum atomic E-state index is 14.5. The number of benzene rings is 1. The Hall–Kier alpha value is -3.33. The molecule has 11 nitrogen and oxygen atoms in total. The van der Waals surface area contributed by atoms with Crippen LogP contribution in [0.4, 0.5) is 25.2 Å². The van der Waals surface area contributed by atoms with Gasteiger partial charge >= 0.3 is 5.97 Å². The van der Waals surface area contributed by atoms with Crippen LogP contribution >= 0.6 is 11.3 Å². The number of guanidine groups is 1. The number of hydrogen-bond donors (Lipinski definition) is 5. The zero-order chi connectivity index (χ0) is 21.8. The van der Waals surface area contributed by atoms with Crippen molar-refractivity contribution in [2.24, 2.45) is 4.99 Å². The molecule has 1 aromatic heterocycles. The van der Waals surface area contributed by atoms with E-state index in [1.807, 2.05) is 0 Å². The topological polar surface area (TPSA) is 153 Å². The van der Waals surface area contributed by atoms with Gasteiger partial charge in [0.05, 0.1) is 24.3 Å². The van der Waals surface area contributed by atoms with Gasteiger partial charge in [-0.3, -0.25) is 9.79 Å². The molecule has 0 radical (unpaired) electrons. The molecule has 1 aliphatic rings. The average Bonchev–Trinajstić information content (AvgIpc) is 3.35. The van der Waals surface area contributed by atoms with Gasteiger partial charge in [0.15, 0.2) is 23.3 Å². The van der Waals surface area contributed by atoms with E-state index < -0.39 is 51.5 Å². The van der Waals surface area contributed by atoms with Crippen molar-refractivity contribution >= 4 is 56.4 Å². The van der Waals surface area contributed by atoms with Gasteiger partial charge in [0.1, 0.15) is 10.7 Å². The van der Waals surface area contributed by atoms with Crippen molar-refractivity contribution in [3.05, 3.63) is 35.0 Å². The molecular weight excluding hydrogens is 446 g/mol. The fourth-order valence-electron chi connectivity index (χ4n) is 2.49. The van der Waals surface area contributed by atoms with Gasteiger partial charge in [-0.1, -0.05) is 0 Å². The standard InChI is InChI=1S/C15H14F2N6O5S2/c16-8-3-7(23(30(27)28)13-12(14(25)26)21-6-29-13)4-9(17)11(8)22-10(24)5-20-15-18-1-2-19-15/h3-4,6,30H,1-2,5H2,(H,22,24)(H,25,26)(H2,18,19,20). The third-order valence-corrected chi connectivity index (χ3v) is 5.44. The SMILES string of the molecule is O=C(CNC1=NCCN1)Nc1c(F)cc(N(c2scnc2C(=O)O)[SH](=O)=O)cc1F. The smallest absolute Gasteiger partial charge is 0.357 e. The highest BCUT2D eigenvalue weighted by Crippen LogP contribution is 2.35. The van der Waals surface area contributed by atoms with E-state index in [0.29, 0.717) is 46.8 Å². The number of carbonyl (C=O) groups is 2. The molecule has 3 rings (SSSR count). The number of anilines is 3. The minimum Gasteiger partial charge on any atom is -0.476 e. The molecule has 0 aliphatic carbocycles. The molecule has 2 heterocycles. The summed E-state index contributed by atoms with van der Waals surface area (Å²) in [5.74, 6) is -4.39. The van der Waals surface area contributed by atoms with Crippen molar-refractivity contribution in [1.82, 2.24) is 15.6 Å². The van der Waals surface area contributed by atoms with E-state index in [2.05, 4.69) is 25.9 Å². The summed E-state index contributed by atoms with van der Waals surface area (Å²) in [6.45, 7) is 0.834. The van der Waals surface area contributed by atoms with E-state index in [-0.39, 0.29) is 11.5 Å². The van der Waals surface area contributed by atoms with Crippen LogP contribution in [-0.2, 0) is 15.7 Å². The number of nitrogens with one attached hydrogen (secondary N) is 3. The number of carboxylic acid groups (broad SMARTS) is 1. The molecule has 0 bridgehead atoms. The molecule has 160 valence electrons. The van der Waals surface area contributed by atoms with Gasteiger partial charge in [-0.15, -0.1) is 11.3 Å². The fourth-order valence-corrected chi connectivity index (χ4v) is 4.09. The Morgan fingerprint density at radius 3 is 2.57 bits per heavy atom. The Morgan fingerprint density at radius 1 is 1.30 bits per heavy atom. The molecule has 0 unspecified atom stereocenters. The maximum absolute atomic E-state index is 14.5. The van der Waals surface area contributed by atoms with E-state index in [9.17, 15) is 26.8 Å². The van der Waals surface area contributed by atoms with Crippen LogP contribution in [0.5, 0.6) is 0 Å². The van der Waals surface area contributed by atoms with Crippen molar-refractivity contribution in [3.63, 3.8) is 0 Å². The van der Waals surface area contributed by atoms with Crippen LogP contribution in [0.25, 0.3) is 0 Å². The monoisotopic (exact) mass is 460 g/mol. The van der Waals surface area contributed by atoms with Gasteiger partial charge < -0.3 is 21.1 Å². The highest BCUT2D eigenvalue weighted by atomic mass is 32.2. The number of thiazole rings is 1. The molecule has 30 heavy (non-hydrogen) atoms. The lowest BCUT2D eigenvalue weighted by Gasteiger charge is -2.18. The largest absolute Gasteiger partial charge is 0.476 e. The molecule has 0 fully saturated rings. The normalized spacial score (nSPS) is 13.0. The number of halogens is 2. The quantitative estimate of drug-likeness (QED) is 0.369. The zero-order valence-electron chi connectivity index (χ0n) is 14.9. The van der Waals surface area contributed by atoms with Gasteiger partial charge in [-0.05, 0) is 0 Å². The number of carboxylic acids is 1. The van der Waals surface area contributed by atoms with Gasteiger partial charge in [-0.25, -0.2) is 31.3 Å². The molecule has 15 heteroatoms. The number of amides is 1. The minimum absolute atomic E-state index is 0.312. The zero-order valence-corrected chi connectivity index (χ0v) is 16.6. The van der Waals surface area contributed by atoms with E-state index >= 15 is 0 Å². The molecule has 0 saturated heterocycles. The number of rotatable bonds is 7. The first-order chi connectivity index (χ1) is 14.3. The summed E-state index contributed by atoms with van der Waals surface area (Å²) in [4.78, 5) is 30.7. The predicted octanol–water partition coefficient (Wildman–Crippen LogP) is 0.271. The Morgan fingerprint density at radius 2 is 2.00 bits per heavy atom. The highest BCUT2D eigenvalue weighted by Gasteiger charge is 2.25. The lowest BCUT2D eigenvalue weighted by Crippen LogP contribution is -2.39. The summed E-state index contributed by atoms with van der Waals surface area (Å²) in [6.07, 6.45) is 0. The van der Waals surface area contributed by atoms with Gasteiger partial charge in [-0.2, -0.15) is 0 Å². The number of aromatic nitrogens is 1. The second kappa shape index (κ2) is 9.00. The van der Waals surface area contributed by atoms with Crippen LogP contribution in [0.15, 0.2) is 22.6 Å². The number of nitrogens with zero attached hydrogens (tertiary/aromatic N) is 3. The van der Waals surface area contributed by atoms with Gasteiger partial charge in [0.2, 0.25) is 16.8 Å². The third kappa shape index (κ3) is 4.62. The lowest BCUT2D eigenvalue weighted by molar-refractivity contribution is -0.115. The Bertz CT molecular complexity index is 1070. The minimum atomic E-state index is -3.50. The molecule has 2 aromatic rings. The molecule has 1 aromatic carbocycles. The van der Waals surface area contributed by atoms with Crippen LogP contribution < -0.4 is 20.3 Å². The van der Waals surface area contributed by atoms with Crippen molar-refractivity contribution in [2.75, 3.05) is 29.3 Å². The van der Waals surface area contributed by atoms with E-state index in [1.165, 1.54) is 0 Å². The van der Waals surface area contributed by atoms with Crippen molar-refractivity contribution in [1.29, 1.82) is 0 Å². The van der Waals surface area contributed by atoms with Crippen LogP contribution in [0.3, 0.4) is 0 Å². The van der Waals surface area contributed by atoms with E-state index in [4.69, 9.17) is 5.11 Å². The van der Waals surface area contributed by atoms with Crippen LogP contribution in [-0.4, -0.2) is 56.0 Å². The van der Waals surface area contributed by atoms with Crippen LogP contribution in [0.2, 0.25) is 0 Å². The number of aromatic carboxylic acids is 1. The second-order valence-corrected chi connectivity index (χ2v) is 7.41. The number of thiol groups is 1. The summed E-state index contributed by atoms with van der Waals surface area (Å²) >= 11 is 0.664. The number of aliphatic imine (C=N–C) groups is 1. The molecule has 4 N–H and O–H groups in total. The summed E-state index contributed by atoms with van der Waals surface area (Å²) in [6, 6.07) is 1.32. The summed E-state index contributed by atoms with van der Waals surface area (Å²) < 4.78 is 52.7. The van der Waals surface area contributed by atoms with Crippen molar-refractivity contribution in [3.8, 4) is 0 Å². The summed E-state index contributed by atoms with van der Waals surface area (Å²) in [5, 5.41) is 16.3. The van der Waals surface area contributed by atoms with Crippen molar-refractivity contribution < 1.29 is 31.9 Å². The molecule has 0 atom stereocenters. The Balaban J connectivity index is 1.84. The highest BCUT2D eigenvalue weighted by molar-refractivity contribution is 7.74. The van der Waals surface area contributed by atoms with Crippen LogP contribution in [0.1, 0.15) is 10.5 Å². The summed E-state index contributed by atoms with van der Waals surface area (Å²) in [7, 11) is -3.50. The molecule has 0 saturated carbocycles. The first-order valence-corrected chi connectivity index (χ1v) is 10.2. The maximum Gasteiger partial charge on any atom is 0.357 e. The third-order valence-electron chi connectivity index (χ3n) is 3.73. The first kappa shape index (κ1) is 21.4. The molecule has 1 amide bonds. The number of hydrogen-bond acceptors (Lipinski definition) is 9. The Labute approximate surface area is 173 Å². The predicted molar refractivity (Wildman–Crippen MR) is 105 cm³/mol. The average molecular weight is 460 g/mol. The number of carbonyl (C=O) groups excluding carboxylic acids is 1. The fraction of sp³-hybridized carbons (Fsp3) is 0.200. The second-order valence-electron chi connectivity index (χ2n) is 5.70.